The Morgan fingerprint density at radius 2 is 1.62 bits per heavy atom. The van der Waals surface area contributed by atoms with Crippen molar-refractivity contribution in [3.05, 3.63) is 59.7 Å². The van der Waals surface area contributed by atoms with E-state index in [1.54, 1.807) is 45.0 Å². The summed E-state index contributed by atoms with van der Waals surface area (Å²) >= 11 is 0. The molecule has 2 aromatic carbocycles. The zero-order chi connectivity index (χ0) is 21.8. The third-order valence-corrected chi connectivity index (χ3v) is 5.60. The van der Waals surface area contributed by atoms with E-state index in [1.165, 1.54) is 38.3 Å². The van der Waals surface area contributed by atoms with Crippen molar-refractivity contribution in [1.29, 1.82) is 0 Å². The maximum Gasteiger partial charge on any atom is 0.338 e. The van der Waals surface area contributed by atoms with Crippen LogP contribution in [0.2, 0.25) is 0 Å². The zero-order valence-electron chi connectivity index (χ0n) is 17.1. The number of methoxy groups -OCH3 is 1. The van der Waals surface area contributed by atoms with Gasteiger partial charge in [0.2, 0.25) is 15.8 Å². The molecular formula is C21H25NO6S. The normalized spacial score (nSPS) is 12.9. The number of ketones is 1. The number of sulfonamides is 1. The molecule has 0 saturated heterocycles. The van der Waals surface area contributed by atoms with Gasteiger partial charge in [0.15, 0.2) is 6.10 Å². The number of hydrogen-bond donors (Lipinski definition) is 1. The molecule has 8 heteroatoms. The fourth-order valence-electron chi connectivity index (χ4n) is 2.52. The minimum atomic E-state index is -3.80. The van der Waals surface area contributed by atoms with Crippen molar-refractivity contribution in [2.24, 2.45) is 0 Å². The molecule has 0 spiro atoms. The molecule has 0 bridgehead atoms. The van der Waals surface area contributed by atoms with E-state index in [0.717, 1.165) is 0 Å². The molecule has 0 unspecified atom stereocenters. The summed E-state index contributed by atoms with van der Waals surface area (Å²) in [6.45, 7) is 6.62. The molecule has 0 radical (unpaired) electrons. The molecule has 0 aliphatic carbocycles. The van der Waals surface area contributed by atoms with E-state index in [0.29, 0.717) is 11.3 Å². The average Bonchev–Trinajstić information content (AvgIpc) is 2.65. The van der Waals surface area contributed by atoms with E-state index in [1.807, 2.05) is 0 Å². The number of hydrogen-bond acceptors (Lipinski definition) is 6. The van der Waals surface area contributed by atoms with Crippen LogP contribution in [0.4, 0.5) is 0 Å². The predicted octanol–water partition coefficient (Wildman–Crippen LogP) is 3.20. The first-order chi connectivity index (χ1) is 13.4. The van der Waals surface area contributed by atoms with Crippen LogP contribution in [-0.2, 0) is 14.8 Å². The Balaban J connectivity index is 2.15. The standard InChI is InChI=1S/C21H25NO6S/c1-14(19(23)15-9-11-17(27-5)12-10-15)28-20(24)16-7-6-8-18(13-16)29(25,26)22-21(2,3)4/h6-14,22H,1-5H3/t14-/m0/s1. The molecule has 2 aromatic rings. The number of carbonyl (C=O) groups is 2. The van der Waals surface area contributed by atoms with Crippen molar-refractivity contribution in [3.8, 4) is 5.75 Å². The van der Waals surface area contributed by atoms with Gasteiger partial charge in [0.05, 0.1) is 17.6 Å². The summed E-state index contributed by atoms with van der Waals surface area (Å²) in [5.41, 5.74) is -0.262. The number of carbonyl (C=O) groups excluding carboxylic acids is 2. The Morgan fingerprint density at radius 3 is 2.17 bits per heavy atom. The van der Waals surface area contributed by atoms with E-state index in [4.69, 9.17) is 9.47 Å². The number of esters is 1. The second-order valence-corrected chi connectivity index (χ2v) is 9.21. The molecule has 29 heavy (non-hydrogen) atoms. The first-order valence-corrected chi connectivity index (χ1v) is 10.4. The predicted molar refractivity (Wildman–Crippen MR) is 109 cm³/mol. The molecule has 2 rings (SSSR count). The lowest BCUT2D eigenvalue weighted by atomic mass is 10.1. The average molecular weight is 419 g/mol. The van der Waals surface area contributed by atoms with Crippen LogP contribution in [0.25, 0.3) is 0 Å². The number of Topliss-reactive ketones (excluding diaryl/α,β-unsaturated/α-hetero) is 1. The monoisotopic (exact) mass is 419 g/mol. The smallest absolute Gasteiger partial charge is 0.338 e. The van der Waals surface area contributed by atoms with Gasteiger partial charge in [0.1, 0.15) is 5.75 Å². The summed E-state index contributed by atoms with van der Waals surface area (Å²) < 4.78 is 37.7. The Morgan fingerprint density at radius 1 is 1.00 bits per heavy atom. The highest BCUT2D eigenvalue weighted by molar-refractivity contribution is 7.89. The lowest BCUT2D eigenvalue weighted by Crippen LogP contribution is -2.40. The van der Waals surface area contributed by atoms with Crippen LogP contribution in [0.3, 0.4) is 0 Å². The van der Waals surface area contributed by atoms with E-state index in [-0.39, 0.29) is 16.2 Å². The van der Waals surface area contributed by atoms with E-state index in [2.05, 4.69) is 4.72 Å². The van der Waals surface area contributed by atoms with Crippen LogP contribution < -0.4 is 9.46 Å². The highest BCUT2D eigenvalue weighted by atomic mass is 32.2. The molecule has 1 atom stereocenters. The number of rotatable bonds is 7. The van der Waals surface area contributed by atoms with Crippen LogP contribution in [0.15, 0.2) is 53.4 Å². The summed E-state index contributed by atoms with van der Waals surface area (Å²) in [5, 5.41) is 0. The minimum absolute atomic E-state index is 0.0381. The molecule has 0 aromatic heterocycles. The Hall–Kier alpha value is -2.71. The second kappa shape index (κ2) is 8.75. The first kappa shape index (κ1) is 22.6. The molecule has 156 valence electrons. The summed E-state index contributed by atoms with van der Waals surface area (Å²) in [5.74, 6) is -0.556. The molecular weight excluding hydrogens is 394 g/mol. The third kappa shape index (κ3) is 6.13. The molecule has 0 aliphatic rings. The topological polar surface area (TPSA) is 98.8 Å². The fourth-order valence-corrected chi connectivity index (χ4v) is 3.99. The SMILES string of the molecule is COc1ccc(C(=O)[C@H](C)OC(=O)c2cccc(S(=O)(=O)NC(C)(C)C)c2)cc1. The van der Waals surface area contributed by atoms with Crippen molar-refractivity contribution < 1.29 is 27.5 Å². The van der Waals surface area contributed by atoms with E-state index in [9.17, 15) is 18.0 Å². The van der Waals surface area contributed by atoms with Crippen molar-refractivity contribution in [3.63, 3.8) is 0 Å². The van der Waals surface area contributed by atoms with Crippen molar-refractivity contribution >= 4 is 21.8 Å². The maximum absolute atomic E-state index is 12.5. The van der Waals surface area contributed by atoms with E-state index < -0.39 is 27.6 Å². The van der Waals surface area contributed by atoms with Crippen LogP contribution in [0.5, 0.6) is 5.75 Å². The molecule has 1 N–H and O–H groups in total. The van der Waals surface area contributed by atoms with Crippen LogP contribution in [-0.4, -0.2) is 38.9 Å². The van der Waals surface area contributed by atoms with E-state index >= 15 is 0 Å². The molecule has 0 saturated carbocycles. The van der Waals surface area contributed by atoms with Gasteiger partial charge in [0.25, 0.3) is 0 Å². The van der Waals surface area contributed by atoms with Crippen molar-refractivity contribution in [2.75, 3.05) is 7.11 Å². The number of nitrogens with one attached hydrogen (secondary N) is 1. The Kier molecular flexibility index (Phi) is 6.81. The van der Waals surface area contributed by atoms with Crippen LogP contribution >= 0.6 is 0 Å². The molecule has 7 nitrogen and oxygen atoms in total. The maximum atomic E-state index is 12.5. The van der Waals surface area contributed by atoms with Gasteiger partial charge in [-0.2, -0.15) is 0 Å². The Bertz CT molecular complexity index is 991. The zero-order valence-corrected chi connectivity index (χ0v) is 17.9. The second-order valence-electron chi connectivity index (χ2n) is 7.52. The van der Waals surface area contributed by atoms with Gasteiger partial charge in [-0.15, -0.1) is 0 Å². The summed E-state index contributed by atoms with van der Waals surface area (Å²) in [6.07, 6.45) is -1.04. The van der Waals surface area contributed by atoms with Crippen LogP contribution in [0.1, 0.15) is 48.4 Å². The summed E-state index contributed by atoms with van der Waals surface area (Å²) in [6, 6.07) is 11.9. The molecule has 0 amide bonds. The third-order valence-electron chi connectivity index (χ3n) is 3.85. The van der Waals surface area contributed by atoms with Crippen molar-refractivity contribution in [2.45, 2.75) is 44.2 Å². The quantitative estimate of drug-likeness (QED) is 0.547. The van der Waals surface area contributed by atoms with Gasteiger partial charge in [-0.05, 0) is 70.2 Å². The van der Waals surface area contributed by atoms with Gasteiger partial charge in [0, 0.05) is 11.1 Å². The molecule has 0 aliphatic heterocycles. The summed E-state index contributed by atoms with van der Waals surface area (Å²) in [4.78, 5) is 24.9. The lowest BCUT2D eigenvalue weighted by Gasteiger charge is -2.20. The van der Waals surface area contributed by atoms with Crippen molar-refractivity contribution in [1.82, 2.24) is 4.72 Å². The van der Waals surface area contributed by atoms with Gasteiger partial charge < -0.3 is 9.47 Å². The highest BCUT2D eigenvalue weighted by Crippen LogP contribution is 2.17. The Labute approximate surface area is 171 Å². The number of benzene rings is 2. The van der Waals surface area contributed by atoms with Gasteiger partial charge >= 0.3 is 5.97 Å². The largest absolute Gasteiger partial charge is 0.497 e. The lowest BCUT2D eigenvalue weighted by molar-refractivity contribution is 0.0318. The minimum Gasteiger partial charge on any atom is -0.497 e. The fraction of sp³-hybridized carbons (Fsp3) is 0.333. The van der Waals surface area contributed by atoms with Gasteiger partial charge in [-0.3, -0.25) is 4.79 Å². The van der Waals surface area contributed by atoms with Crippen LogP contribution in [0, 0.1) is 0 Å². The van der Waals surface area contributed by atoms with Gasteiger partial charge in [-0.1, -0.05) is 6.07 Å². The number of ether oxygens (including phenoxy) is 2. The molecule has 0 heterocycles. The summed E-state index contributed by atoms with van der Waals surface area (Å²) in [7, 11) is -2.28. The first-order valence-electron chi connectivity index (χ1n) is 8.96. The molecule has 0 fully saturated rings. The highest BCUT2D eigenvalue weighted by Gasteiger charge is 2.24. The van der Waals surface area contributed by atoms with Gasteiger partial charge in [-0.25, -0.2) is 17.9 Å².